The summed E-state index contributed by atoms with van der Waals surface area (Å²) in [6.45, 7) is 0.584. The molecule has 5 nitrogen and oxygen atoms in total. The number of halogens is 1. The van der Waals surface area contributed by atoms with E-state index in [0.29, 0.717) is 24.1 Å². The molecule has 0 unspecified atom stereocenters. The van der Waals surface area contributed by atoms with E-state index in [1.165, 1.54) is 29.3 Å². The molecule has 33 heavy (non-hydrogen) atoms. The number of rotatable bonds is 8. The van der Waals surface area contributed by atoms with Gasteiger partial charge in [-0.15, -0.1) is 0 Å². The quantitative estimate of drug-likeness (QED) is 0.456. The SMILES string of the molecule is O=C(O)Cc1ccc(F)c(C=CCCNC(=O)OCC2c3ccccc3-c3ccccc32)c1. The number of carbonyl (C=O) groups is 2. The first-order chi connectivity index (χ1) is 16.0. The fourth-order valence-electron chi connectivity index (χ4n) is 4.12. The van der Waals surface area contributed by atoms with E-state index >= 15 is 0 Å². The molecule has 6 heteroatoms. The van der Waals surface area contributed by atoms with Crippen LogP contribution < -0.4 is 5.32 Å². The van der Waals surface area contributed by atoms with Crippen molar-refractivity contribution in [1.29, 1.82) is 0 Å². The number of carboxylic acids is 1. The number of fused-ring (bicyclic) bond motifs is 3. The summed E-state index contributed by atoms with van der Waals surface area (Å²) in [5, 5.41) is 11.6. The summed E-state index contributed by atoms with van der Waals surface area (Å²) in [7, 11) is 0. The highest BCUT2D eigenvalue weighted by molar-refractivity contribution is 5.79. The van der Waals surface area contributed by atoms with Crippen LogP contribution in [0.3, 0.4) is 0 Å². The highest BCUT2D eigenvalue weighted by Gasteiger charge is 2.28. The van der Waals surface area contributed by atoms with Crippen LogP contribution in [0.4, 0.5) is 9.18 Å². The van der Waals surface area contributed by atoms with Crippen LogP contribution in [-0.2, 0) is 16.0 Å². The normalized spacial score (nSPS) is 12.4. The second-order valence-electron chi connectivity index (χ2n) is 7.87. The van der Waals surface area contributed by atoms with Crippen LogP contribution in [0.1, 0.15) is 34.6 Å². The Bertz CT molecular complexity index is 1160. The molecule has 2 N–H and O–H groups in total. The number of hydrogen-bond acceptors (Lipinski definition) is 3. The van der Waals surface area contributed by atoms with Gasteiger partial charge < -0.3 is 15.2 Å². The van der Waals surface area contributed by atoms with Crippen LogP contribution in [0.2, 0.25) is 0 Å². The van der Waals surface area contributed by atoms with Crippen molar-refractivity contribution in [3.05, 3.63) is 101 Å². The Kier molecular flexibility index (Phi) is 6.83. The van der Waals surface area contributed by atoms with Crippen molar-refractivity contribution in [2.75, 3.05) is 13.2 Å². The van der Waals surface area contributed by atoms with Crippen molar-refractivity contribution >= 4 is 18.1 Å². The Balaban J connectivity index is 1.27. The Morgan fingerprint density at radius 2 is 1.67 bits per heavy atom. The smallest absolute Gasteiger partial charge is 0.407 e. The third kappa shape index (κ3) is 5.29. The van der Waals surface area contributed by atoms with E-state index in [1.807, 2.05) is 24.3 Å². The zero-order valence-electron chi connectivity index (χ0n) is 18.0. The second kappa shape index (κ2) is 10.1. The minimum Gasteiger partial charge on any atom is -0.481 e. The summed E-state index contributed by atoms with van der Waals surface area (Å²) in [5.41, 5.74) is 5.50. The number of carbonyl (C=O) groups excluding carboxylic acids is 1. The lowest BCUT2D eigenvalue weighted by atomic mass is 9.98. The molecule has 0 spiro atoms. The maximum Gasteiger partial charge on any atom is 0.407 e. The molecule has 0 saturated heterocycles. The maximum atomic E-state index is 13.9. The molecule has 0 heterocycles. The highest BCUT2D eigenvalue weighted by Crippen LogP contribution is 2.44. The average molecular weight is 445 g/mol. The lowest BCUT2D eigenvalue weighted by Gasteiger charge is -2.14. The summed E-state index contributed by atoms with van der Waals surface area (Å²) in [6.07, 6.45) is 3.13. The molecule has 0 radical (unpaired) electrons. The molecule has 0 saturated carbocycles. The molecule has 0 fully saturated rings. The molecule has 0 aromatic heterocycles. The number of benzene rings is 3. The minimum atomic E-state index is -0.969. The summed E-state index contributed by atoms with van der Waals surface area (Å²) in [6, 6.07) is 20.5. The van der Waals surface area contributed by atoms with Gasteiger partial charge in [0.15, 0.2) is 0 Å². The fraction of sp³-hybridized carbons (Fsp3) is 0.185. The highest BCUT2D eigenvalue weighted by atomic mass is 19.1. The van der Waals surface area contributed by atoms with Gasteiger partial charge in [0.05, 0.1) is 6.42 Å². The topological polar surface area (TPSA) is 75.6 Å². The van der Waals surface area contributed by atoms with E-state index in [1.54, 1.807) is 12.2 Å². The molecule has 3 aromatic carbocycles. The second-order valence-corrected chi connectivity index (χ2v) is 7.87. The predicted molar refractivity (Wildman–Crippen MR) is 124 cm³/mol. The standard InChI is InChI=1S/C27H24FNO4/c28-25-13-12-18(16-26(30)31)15-19(25)7-5-6-14-29-27(32)33-17-24-22-10-3-1-8-20(22)21-9-2-4-11-23(21)24/h1-5,7-13,15,24H,6,14,16-17H2,(H,29,32)(H,30,31). The Morgan fingerprint density at radius 3 is 2.33 bits per heavy atom. The van der Waals surface area contributed by atoms with Crippen LogP contribution in [0.15, 0.2) is 72.8 Å². The van der Waals surface area contributed by atoms with E-state index < -0.39 is 17.9 Å². The first-order valence-electron chi connectivity index (χ1n) is 10.8. The number of nitrogens with one attached hydrogen (secondary N) is 1. The number of amides is 1. The van der Waals surface area contributed by atoms with Gasteiger partial charge in [0.2, 0.25) is 0 Å². The third-order valence-electron chi connectivity index (χ3n) is 5.64. The number of aliphatic carboxylic acids is 1. The Labute approximate surface area is 191 Å². The molecular weight excluding hydrogens is 421 g/mol. The molecular formula is C27H24FNO4. The van der Waals surface area contributed by atoms with Crippen LogP contribution in [0, 0.1) is 5.82 Å². The van der Waals surface area contributed by atoms with Gasteiger partial charge in [-0.25, -0.2) is 9.18 Å². The van der Waals surface area contributed by atoms with Gasteiger partial charge in [0, 0.05) is 18.0 Å². The van der Waals surface area contributed by atoms with E-state index in [9.17, 15) is 14.0 Å². The monoisotopic (exact) mass is 445 g/mol. The van der Waals surface area contributed by atoms with Crippen LogP contribution in [0.5, 0.6) is 0 Å². The minimum absolute atomic E-state index is 0.00380. The summed E-state index contributed by atoms with van der Waals surface area (Å²) in [5.74, 6) is -1.39. The molecule has 1 aliphatic rings. The summed E-state index contributed by atoms with van der Waals surface area (Å²) < 4.78 is 19.4. The van der Waals surface area contributed by atoms with Crippen molar-refractivity contribution in [2.24, 2.45) is 0 Å². The van der Waals surface area contributed by atoms with Gasteiger partial charge in [0.25, 0.3) is 0 Å². The third-order valence-corrected chi connectivity index (χ3v) is 5.64. The van der Waals surface area contributed by atoms with Crippen LogP contribution in [-0.4, -0.2) is 30.3 Å². The molecule has 0 aliphatic heterocycles. The Hall–Kier alpha value is -3.93. The first-order valence-corrected chi connectivity index (χ1v) is 10.8. The molecule has 168 valence electrons. The number of carboxylic acid groups (broad SMARTS) is 1. The van der Waals surface area contributed by atoms with E-state index in [4.69, 9.17) is 9.84 Å². The lowest BCUT2D eigenvalue weighted by molar-refractivity contribution is -0.136. The summed E-state index contributed by atoms with van der Waals surface area (Å²) >= 11 is 0. The van der Waals surface area contributed by atoms with E-state index in [-0.39, 0.29) is 18.9 Å². The number of alkyl carbamates (subject to hydrolysis) is 1. The van der Waals surface area contributed by atoms with Crippen LogP contribution >= 0.6 is 0 Å². The van der Waals surface area contributed by atoms with Crippen molar-refractivity contribution in [3.63, 3.8) is 0 Å². The first kappa shape index (κ1) is 22.3. The predicted octanol–water partition coefficient (Wildman–Crippen LogP) is 5.39. The largest absolute Gasteiger partial charge is 0.481 e. The van der Waals surface area contributed by atoms with E-state index in [0.717, 1.165) is 11.1 Å². The average Bonchev–Trinajstić information content (AvgIpc) is 3.13. The van der Waals surface area contributed by atoms with Crippen molar-refractivity contribution < 1.29 is 23.8 Å². The Morgan fingerprint density at radius 1 is 1.00 bits per heavy atom. The summed E-state index contributed by atoms with van der Waals surface area (Å²) in [4.78, 5) is 23.0. The molecule has 3 aromatic rings. The molecule has 0 bridgehead atoms. The fourth-order valence-corrected chi connectivity index (χ4v) is 4.12. The zero-order chi connectivity index (χ0) is 23.2. The lowest BCUT2D eigenvalue weighted by Crippen LogP contribution is -2.26. The van der Waals surface area contributed by atoms with Gasteiger partial charge in [0.1, 0.15) is 12.4 Å². The van der Waals surface area contributed by atoms with Gasteiger partial charge in [-0.3, -0.25) is 4.79 Å². The van der Waals surface area contributed by atoms with E-state index in [2.05, 4.69) is 29.6 Å². The number of ether oxygens (including phenoxy) is 1. The molecule has 1 amide bonds. The van der Waals surface area contributed by atoms with Gasteiger partial charge in [-0.05, 0) is 46.4 Å². The van der Waals surface area contributed by atoms with Gasteiger partial charge in [-0.2, -0.15) is 0 Å². The number of hydrogen-bond donors (Lipinski definition) is 2. The molecule has 4 rings (SSSR count). The molecule has 1 aliphatic carbocycles. The van der Waals surface area contributed by atoms with Crippen LogP contribution in [0.25, 0.3) is 17.2 Å². The van der Waals surface area contributed by atoms with Gasteiger partial charge in [-0.1, -0.05) is 66.7 Å². The van der Waals surface area contributed by atoms with Crippen molar-refractivity contribution in [3.8, 4) is 11.1 Å². The van der Waals surface area contributed by atoms with Crippen molar-refractivity contribution in [1.82, 2.24) is 5.32 Å². The van der Waals surface area contributed by atoms with Gasteiger partial charge >= 0.3 is 12.1 Å². The molecule has 0 atom stereocenters. The van der Waals surface area contributed by atoms with Crippen molar-refractivity contribution in [2.45, 2.75) is 18.8 Å². The zero-order valence-corrected chi connectivity index (χ0v) is 18.0. The maximum absolute atomic E-state index is 13.9.